The number of anilines is 2. The topological polar surface area (TPSA) is 73.2 Å². The molecule has 4 aromatic carbocycles. The minimum absolute atomic E-state index is 0.376. The number of fused-ring (bicyclic) bond motifs is 1. The maximum atomic E-state index is 13.8. The van der Waals surface area contributed by atoms with Crippen LogP contribution in [0.2, 0.25) is 0 Å². The molecule has 0 aliphatic carbocycles. The van der Waals surface area contributed by atoms with Crippen LogP contribution in [0, 0.1) is 11.3 Å². The van der Waals surface area contributed by atoms with E-state index < -0.39 is 5.91 Å². The third-order valence-electron chi connectivity index (χ3n) is 5.65. The van der Waals surface area contributed by atoms with Gasteiger partial charge in [-0.15, -0.1) is 0 Å². The molecule has 34 heavy (non-hydrogen) atoms. The lowest BCUT2D eigenvalue weighted by molar-refractivity contribution is -0.112. The van der Waals surface area contributed by atoms with Gasteiger partial charge in [-0.05, 0) is 48.0 Å². The van der Waals surface area contributed by atoms with Crippen LogP contribution in [-0.4, -0.2) is 11.8 Å². The number of hydrogen-bond acceptors (Lipinski definition) is 4. The minimum Gasteiger partial charge on any atom is -0.354 e. The quantitative estimate of drug-likeness (QED) is 0.324. The molecule has 0 bridgehead atoms. The van der Waals surface area contributed by atoms with Crippen LogP contribution in [0.15, 0.2) is 109 Å². The van der Waals surface area contributed by atoms with E-state index in [9.17, 15) is 9.59 Å². The summed E-state index contributed by atoms with van der Waals surface area (Å²) < 4.78 is 0. The molecule has 1 N–H and O–H groups in total. The summed E-state index contributed by atoms with van der Waals surface area (Å²) >= 11 is 0. The van der Waals surface area contributed by atoms with Crippen LogP contribution in [0.4, 0.5) is 11.4 Å². The Morgan fingerprint density at radius 3 is 1.97 bits per heavy atom. The highest BCUT2D eigenvalue weighted by molar-refractivity contribution is 6.45. The minimum atomic E-state index is -0.393. The van der Waals surface area contributed by atoms with E-state index in [1.165, 1.54) is 4.90 Å². The highest BCUT2D eigenvalue weighted by Gasteiger charge is 2.39. The highest BCUT2D eigenvalue weighted by Crippen LogP contribution is 2.41. The van der Waals surface area contributed by atoms with Crippen molar-refractivity contribution in [3.05, 3.63) is 131 Å². The predicted molar refractivity (Wildman–Crippen MR) is 133 cm³/mol. The van der Waals surface area contributed by atoms with E-state index in [0.29, 0.717) is 33.6 Å². The Morgan fingerprint density at radius 2 is 1.32 bits per heavy atom. The second-order valence-corrected chi connectivity index (χ2v) is 7.76. The van der Waals surface area contributed by atoms with Crippen LogP contribution >= 0.6 is 0 Å². The summed E-state index contributed by atoms with van der Waals surface area (Å²) in [6.07, 6.45) is 0. The summed E-state index contributed by atoms with van der Waals surface area (Å²) in [6.45, 7) is 0. The van der Waals surface area contributed by atoms with Crippen molar-refractivity contribution in [3.63, 3.8) is 0 Å². The maximum absolute atomic E-state index is 13.8. The first-order valence-corrected chi connectivity index (χ1v) is 10.8. The monoisotopic (exact) mass is 441 g/mol. The van der Waals surface area contributed by atoms with Gasteiger partial charge in [-0.2, -0.15) is 5.26 Å². The predicted octanol–water partition coefficient (Wildman–Crippen LogP) is 5.73. The molecular formula is C29H19N3O2. The van der Waals surface area contributed by atoms with E-state index in [1.54, 1.807) is 54.6 Å². The average Bonchev–Trinajstić information content (AvgIpc) is 3.19. The molecule has 0 unspecified atom stereocenters. The number of carbonyl (C=O) groups excluding carboxylic acids is 2. The van der Waals surface area contributed by atoms with Crippen molar-refractivity contribution in [3.8, 4) is 6.07 Å². The number of nitrogens with zero attached hydrogens (tertiary/aromatic N) is 2. The number of benzene rings is 4. The van der Waals surface area contributed by atoms with E-state index in [2.05, 4.69) is 11.4 Å². The first-order chi connectivity index (χ1) is 16.7. The molecule has 5 rings (SSSR count). The number of imide groups is 1. The van der Waals surface area contributed by atoms with E-state index in [1.807, 2.05) is 54.6 Å². The Kier molecular flexibility index (Phi) is 5.47. The number of nitriles is 1. The van der Waals surface area contributed by atoms with Crippen LogP contribution < -0.4 is 10.2 Å². The number of hydrogen-bond donors (Lipinski definition) is 1. The zero-order valence-corrected chi connectivity index (χ0v) is 18.1. The molecule has 0 atom stereocenters. The summed E-state index contributed by atoms with van der Waals surface area (Å²) in [7, 11) is 0. The number of carbonyl (C=O) groups is 2. The molecular weight excluding hydrogens is 422 g/mol. The van der Waals surface area contributed by atoms with Gasteiger partial charge in [-0.25, -0.2) is 4.90 Å². The van der Waals surface area contributed by atoms with Gasteiger partial charge in [0.15, 0.2) is 0 Å². The summed E-state index contributed by atoms with van der Waals surface area (Å²) in [5.74, 6) is -0.770. The number of para-hydroxylation sites is 1. The molecule has 1 aliphatic heterocycles. The van der Waals surface area contributed by atoms with Crippen molar-refractivity contribution in [1.29, 1.82) is 5.26 Å². The zero-order valence-electron chi connectivity index (χ0n) is 18.1. The van der Waals surface area contributed by atoms with Crippen LogP contribution in [0.25, 0.3) is 11.3 Å². The molecule has 1 heterocycles. The summed E-state index contributed by atoms with van der Waals surface area (Å²) in [5, 5.41) is 12.5. The zero-order chi connectivity index (χ0) is 23.5. The molecule has 0 spiro atoms. The SMILES string of the molecule is N#Cc1ccc(NC(=C2C(=O)N(C(=O)c3ccccc3)c3ccccc32)c2ccccc2)cc1. The van der Waals surface area contributed by atoms with Gasteiger partial charge in [-0.1, -0.05) is 66.7 Å². The molecule has 0 aromatic heterocycles. The number of amides is 2. The average molecular weight is 441 g/mol. The van der Waals surface area contributed by atoms with Crippen molar-refractivity contribution in [2.75, 3.05) is 10.2 Å². The molecule has 5 nitrogen and oxygen atoms in total. The van der Waals surface area contributed by atoms with Gasteiger partial charge in [0.2, 0.25) is 0 Å². The molecule has 2 amide bonds. The van der Waals surface area contributed by atoms with Crippen molar-refractivity contribution in [2.24, 2.45) is 0 Å². The third kappa shape index (κ3) is 3.74. The number of nitrogens with one attached hydrogen (secondary N) is 1. The van der Waals surface area contributed by atoms with Gasteiger partial charge < -0.3 is 5.32 Å². The van der Waals surface area contributed by atoms with Crippen LogP contribution in [0.5, 0.6) is 0 Å². The maximum Gasteiger partial charge on any atom is 0.268 e. The van der Waals surface area contributed by atoms with Crippen molar-refractivity contribution in [2.45, 2.75) is 0 Å². The summed E-state index contributed by atoms with van der Waals surface area (Å²) in [5.41, 5.74) is 4.74. The fraction of sp³-hybridized carbons (Fsp3) is 0. The third-order valence-corrected chi connectivity index (χ3v) is 5.65. The Labute approximate surface area is 197 Å². The molecule has 162 valence electrons. The summed E-state index contributed by atoms with van der Waals surface area (Å²) in [4.78, 5) is 28.5. The normalized spacial score (nSPS) is 13.7. The Balaban J connectivity index is 1.68. The fourth-order valence-corrected chi connectivity index (χ4v) is 4.03. The Morgan fingerprint density at radius 1 is 0.735 bits per heavy atom. The van der Waals surface area contributed by atoms with Crippen molar-refractivity contribution < 1.29 is 9.59 Å². The smallest absolute Gasteiger partial charge is 0.268 e. The lowest BCUT2D eigenvalue weighted by Crippen LogP contribution is -2.33. The van der Waals surface area contributed by atoms with Gasteiger partial charge >= 0.3 is 0 Å². The second kappa shape index (κ2) is 8.89. The van der Waals surface area contributed by atoms with Gasteiger partial charge in [0.1, 0.15) is 0 Å². The first-order valence-electron chi connectivity index (χ1n) is 10.8. The Bertz CT molecular complexity index is 1450. The first kappa shape index (κ1) is 20.9. The lowest BCUT2D eigenvalue weighted by atomic mass is 10.00. The number of rotatable bonds is 4. The second-order valence-electron chi connectivity index (χ2n) is 7.76. The molecule has 0 saturated heterocycles. The van der Waals surface area contributed by atoms with E-state index >= 15 is 0 Å². The molecule has 5 heteroatoms. The highest BCUT2D eigenvalue weighted by atomic mass is 16.2. The molecule has 0 fully saturated rings. The standard InChI is InChI=1S/C29H19N3O2/c30-19-20-15-17-23(18-16-20)31-27(21-9-3-1-4-10-21)26-24-13-7-8-14-25(24)32(29(26)34)28(33)22-11-5-2-6-12-22/h1-18,31H. The van der Waals surface area contributed by atoms with Gasteiger partial charge in [0.25, 0.3) is 11.8 Å². The van der Waals surface area contributed by atoms with Crippen molar-refractivity contribution >= 4 is 34.5 Å². The van der Waals surface area contributed by atoms with Crippen LogP contribution in [0.3, 0.4) is 0 Å². The van der Waals surface area contributed by atoms with Crippen molar-refractivity contribution in [1.82, 2.24) is 0 Å². The largest absolute Gasteiger partial charge is 0.354 e. The van der Waals surface area contributed by atoms with Gasteiger partial charge in [0, 0.05) is 16.8 Å². The van der Waals surface area contributed by atoms with E-state index in [-0.39, 0.29) is 5.91 Å². The van der Waals surface area contributed by atoms with Gasteiger partial charge in [0.05, 0.1) is 28.6 Å². The summed E-state index contributed by atoms with van der Waals surface area (Å²) in [6, 6.07) is 34.7. The van der Waals surface area contributed by atoms with E-state index in [4.69, 9.17) is 5.26 Å². The van der Waals surface area contributed by atoms with Crippen LogP contribution in [0.1, 0.15) is 27.0 Å². The lowest BCUT2D eigenvalue weighted by Gasteiger charge is -2.17. The molecule has 0 saturated carbocycles. The fourth-order valence-electron chi connectivity index (χ4n) is 4.03. The van der Waals surface area contributed by atoms with Crippen LogP contribution in [-0.2, 0) is 4.79 Å². The van der Waals surface area contributed by atoms with Gasteiger partial charge in [-0.3, -0.25) is 9.59 Å². The molecule has 4 aromatic rings. The molecule has 1 aliphatic rings. The molecule has 0 radical (unpaired) electrons. The Hall–Kier alpha value is -4.95. The van der Waals surface area contributed by atoms with E-state index in [0.717, 1.165) is 11.3 Å².